The van der Waals surface area contributed by atoms with E-state index in [4.69, 9.17) is 4.52 Å². The number of carbonyl (C=O) groups is 1. The van der Waals surface area contributed by atoms with Crippen LogP contribution in [0, 0.1) is 0 Å². The van der Waals surface area contributed by atoms with Crippen molar-refractivity contribution in [3.05, 3.63) is 22.2 Å². The zero-order valence-electron chi connectivity index (χ0n) is 13.8. The molecule has 2 aliphatic rings. The van der Waals surface area contributed by atoms with Crippen molar-refractivity contribution in [3.63, 3.8) is 0 Å². The Morgan fingerprint density at radius 2 is 2.00 bits per heavy atom. The lowest BCUT2D eigenvalue weighted by molar-refractivity contribution is -0.135. The van der Waals surface area contributed by atoms with E-state index in [1.807, 2.05) is 0 Å². The maximum atomic E-state index is 12.6. The number of carbonyl (C=O) groups excluding carboxylic acids is 1. The summed E-state index contributed by atoms with van der Waals surface area (Å²) >= 11 is 0. The first-order valence-electron chi connectivity index (χ1n) is 8.91. The fourth-order valence-corrected chi connectivity index (χ4v) is 3.78. The van der Waals surface area contributed by atoms with Crippen LogP contribution in [0.25, 0.3) is 0 Å². The molecular weight excluding hydrogens is 294 g/mol. The van der Waals surface area contributed by atoms with Crippen molar-refractivity contribution in [2.75, 3.05) is 26.2 Å². The molecule has 2 aliphatic heterocycles. The summed E-state index contributed by atoms with van der Waals surface area (Å²) in [5.74, 6) is 0.758. The van der Waals surface area contributed by atoms with E-state index in [9.17, 15) is 9.59 Å². The topological polar surface area (TPSA) is 69.5 Å². The van der Waals surface area contributed by atoms with Crippen molar-refractivity contribution in [2.24, 2.45) is 0 Å². The first-order valence-corrected chi connectivity index (χ1v) is 8.91. The molecule has 0 bridgehead atoms. The summed E-state index contributed by atoms with van der Waals surface area (Å²) in [6.45, 7) is 4.42. The number of aromatic nitrogens is 1. The Labute approximate surface area is 136 Å². The van der Waals surface area contributed by atoms with E-state index in [0.29, 0.717) is 24.6 Å². The van der Waals surface area contributed by atoms with Gasteiger partial charge in [-0.25, -0.2) is 0 Å². The van der Waals surface area contributed by atoms with Crippen LogP contribution >= 0.6 is 0 Å². The van der Waals surface area contributed by atoms with E-state index in [-0.39, 0.29) is 11.5 Å². The highest BCUT2D eigenvalue weighted by Crippen LogP contribution is 2.22. The van der Waals surface area contributed by atoms with Gasteiger partial charge >= 0.3 is 0 Å². The normalized spacial score (nSPS) is 22.6. The molecule has 0 aliphatic carbocycles. The van der Waals surface area contributed by atoms with Crippen LogP contribution in [0.5, 0.6) is 0 Å². The second-order valence-electron chi connectivity index (χ2n) is 6.75. The number of nitrogens with zero attached hydrogens (tertiary/aromatic N) is 2. The van der Waals surface area contributed by atoms with Crippen LogP contribution in [0.4, 0.5) is 0 Å². The lowest BCUT2D eigenvalue weighted by Crippen LogP contribution is -2.45. The third kappa shape index (κ3) is 4.47. The summed E-state index contributed by atoms with van der Waals surface area (Å²) in [7, 11) is 0. The molecule has 1 N–H and O–H groups in total. The SMILES string of the molecule is O=C(CCc1cc(=O)[nH]o1)N1CCCCC1CCN1CCCC1. The quantitative estimate of drug-likeness (QED) is 0.867. The molecule has 6 nitrogen and oxygen atoms in total. The third-order valence-corrected chi connectivity index (χ3v) is 5.08. The number of nitrogens with one attached hydrogen (secondary N) is 1. The number of amides is 1. The standard InChI is InChI=1S/C17H27N3O3/c21-16-13-15(23-18-16)6-7-17(22)20-11-2-1-5-14(20)8-12-19-9-3-4-10-19/h13-14H,1-12H2,(H,18,21). The Bertz CT molecular complexity index is 559. The van der Waals surface area contributed by atoms with E-state index >= 15 is 0 Å². The van der Waals surface area contributed by atoms with E-state index in [1.54, 1.807) is 0 Å². The van der Waals surface area contributed by atoms with Gasteiger partial charge in [-0.15, -0.1) is 0 Å². The minimum absolute atomic E-state index is 0.194. The number of H-pyrrole nitrogens is 1. The summed E-state index contributed by atoms with van der Waals surface area (Å²) in [5.41, 5.74) is -0.242. The molecule has 2 fully saturated rings. The fourth-order valence-electron chi connectivity index (χ4n) is 3.78. The summed E-state index contributed by atoms with van der Waals surface area (Å²) in [6.07, 6.45) is 8.08. The van der Waals surface area contributed by atoms with Crippen molar-refractivity contribution in [3.8, 4) is 0 Å². The van der Waals surface area contributed by atoms with E-state index in [1.165, 1.54) is 38.4 Å². The molecule has 1 unspecified atom stereocenters. The van der Waals surface area contributed by atoms with Crippen molar-refractivity contribution < 1.29 is 9.32 Å². The van der Waals surface area contributed by atoms with Crippen LogP contribution in [0.1, 0.15) is 50.7 Å². The predicted molar refractivity (Wildman–Crippen MR) is 87.3 cm³/mol. The van der Waals surface area contributed by atoms with Crippen molar-refractivity contribution in [1.82, 2.24) is 15.0 Å². The summed E-state index contributed by atoms with van der Waals surface area (Å²) in [6, 6.07) is 1.81. The van der Waals surface area contributed by atoms with Crippen LogP contribution < -0.4 is 5.56 Å². The summed E-state index contributed by atoms with van der Waals surface area (Å²) < 4.78 is 5.03. The van der Waals surface area contributed by atoms with Gasteiger partial charge in [0.05, 0.1) is 0 Å². The van der Waals surface area contributed by atoms with Gasteiger partial charge in [0.2, 0.25) is 5.91 Å². The van der Waals surface area contributed by atoms with Crippen LogP contribution in [0.3, 0.4) is 0 Å². The van der Waals surface area contributed by atoms with Crippen molar-refractivity contribution in [2.45, 2.75) is 57.4 Å². The van der Waals surface area contributed by atoms with Gasteiger partial charge in [-0.1, -0.05) is 0 Å². The molecule has 6 heteroatoms. The van der Waals surface area contributed by atoms with Crippen LogP contribution in [-0.2, 0) is 11.2 Å². The van der Waals surface area contributed by atoms with E-state index in [2.05, 4.69) is 15.0 Å². The first kappa shape index (κ1) is 16.3. The summed E-state index contributed by atoms with van der Waals surface area (Å²) in [4.78, 5) is 28.2. The fraction of sp³-hybridized carbons (Fsp3) is 0.765. The molecule has 0 radical (unpaired) electrons. The Balaban J connectivity index is 1.49. The smallest absolute Gasteiger partial charge is 0.280 e. The van der Waals surface area contributed by atoms with Crippen molar-refractivity contribution >= 4 is 5.91 Å². The number of aromatic amines is 1. The van der Waals surface area contributed by atoms with Crippen molar-refractivity contribution in [1.29, 1.82) is 0 Å². The van der Waals surface area contributed by atoms with Crippen LogP contribution in [0.2, 0.25) is 0 Å². The number of likely N-dealkylation sites (tertiary alicyclic amines) is 2. The number of hydrogen-bond acceptors (Lipinski definition) is 4. The number of aryl methyl sites for hydroxylation is 1. The molecule has 3 heterocycles. The maximum absolute atomic E-state index is 12.6. The van der Waals surface area contributed by atoms with Gasteiger partial charge in [-0.3, -0.25) is 9.59 Å². The molecule has 23 heavy (non-hydrogen) atoms. The second kappa shape index (κ2) is 7.81. The average molecular weight is 321 g/mol. The maximum Gasteiger partial charge on any atom is 0.280 e. The van der Waals surface area contributed by atoms with Gasteiger partial charge in [0.25, 0.3) is 5.56 Å². The number of rotatable bonds is 6. The molecule has 3 rings (SSSR count). The van der Waals surface area contributed by atoms with Gasteiger partial charge in [0, 0.05) is 38.0 Å². The first-order chi connectivity index (χ1) is 11.2. The highest BCUT2D eigenvalue weighted by molar-refractivity contribution is 5.76. The molecule has 0 aromatic carbocycles. The van der Waals surface area contributed by atoms with E-state index in [0.717, 1.165) is 32.4 Å². The van der Waals surface area contributed by atoms with Gasteiger partial charge < -0.3 is 14.3 Å². The number of hydrogen-bond donors (Lipinski definition) is 1. The molecule has 0 spiro atoms. The number of piperidine rings is 1. The Hall–Kier alpha value is -1.56. The minimum Gasteiger partial charge on any atom is -0.384 e. The molecule has 1 aromatic heterocycles. The third-order valence-electron chi connectivity index (χ3n) is 5.08. The van der Waals surface area contributed by atoms with Crippen LogP contribution in [-0.4, -0.2) is 53.1 Å². The van der Waals surface area contributed by atoms with Gasteiger partial charge in [0.15, 0.2) is 0 Å². The lowest BCUT2D eigenvalue weighted by Gasteiger charge is -2.36. The zero-order valence-corrected chi connectivity index (χ0v) is 13.8. The Morgan fingerprint density at radius 3 is 2.74 bits per heavy atom. The Morgan fingerprint density at radius 1 is 1.22 bits per heavy atom. The van der Waals surface area contributed by atoms with Crippen LogP contribution in [0.15, 0.2) is 15.4 Å². The molecule has 1 atom stereocenters. The molecule has 128 valence electrons. The van der Waals surface area contributed by atoms with Gasteiger partial charge in [0.1, 0.15) is 5.76 Å². The Kier molecular flexibility index (Phi) is 5.54. The van der Waals surface area contributed by atoms with Gasteiger partial charge in [-0.05, 0) is 51.6 Å². The van der Waals surface area contributed by atoms with Gasteiger partial charge in [-0.2, -0.15) is 5.16 Å². The molecule has 2 saturated heterocycles. The minimum atomic E-state index is -0.242. The molecule has 1 aromatic rings. The molecule has 1 amide bonds. The van der Waals surface area contributed by atoms with E-state index < -0.39 is 0 Å². The highest BCUT2D eigenvalue weighted by atomic mass is 16.5. The average Bonchev–Trinajstić information content (AvgIpc) is 3.22. The summed E-state index contributed by atoms with van der Waals surface area (Å²) in [5, 5.41) is 2.27. The zero-order chi connectivity index (χ0) is 16.1. The molecular formula is C17H27N3O3. The largest absolute Gasteiger partial charge is 0.384 e. The second-order valence-corrected chi connectivity index (χ2v) is 6.75. The molecule has 0 saturated carbocycles. The lowest BCUT2D eigenvalue weighted by atomic mass is 9.98. The predicted octanol–water partition coefficient (Wildman–Crippen LogP) is 1.77. The highest BCUT2D eigenvalue weighted by Gasteiger charge is 2.27. The monoisotopic (exact) mass is 321 g/mol.